The standard InChI is InChI=1S/C23H30FN5O3/c1-2-32-23(31)28-12-8-18(9-13-28)27-22(30)20-15-26-29(19-5-3-4-17(24)14-19)21(20)16-6-10-25-11-7-16/h3-5,14-16,18,25H,2,6-13H2,1H3,(H,27,30). The molecule has 2 aromatic rings. The number of likely N-dealkylation sites (tertiary alicyclic amines) is 1. The second-order valence-corrected chi connectivity index (χ2v) is 8.29. The van der Waals surface area contributed by atoms with Gasteiger partial charge in [0.05, 0.1) is 29.7 Å². The quantitative estimate of drug-likeness (QED) is 0.742. The Bertz CT molecular complexity index is 949. The van der Waals surface area contributed by atoms with Crippen LogP contribution in [0.5, 0.6) is 0 Å². The minimum absolute atomic E-state index is 0.0217. The molecule has 0 atom stereocenters. The van der Waals surface area contributed by atoms with E-state index >= 15 is 0 Å². The fraction of sp³-hybridized carbons (Fsp3) is 0.522. The van der Waals surface area contributed by atoms with Crippen molar-refractivity contribution in [2.45, 2.75) is 44.6 Å². The van der Waals surface area contributed by atoms with Crippen molar-refractivity contribution in [3.8, 4) is 5.69 Å². The summed E-state index contributed by atoms with van der Waals surface area (Å²) < 4.78 is 20.6. The summed E-state index contributed by atoms with van der Waals surface area (Å²) in [5, 5.41) is 10.9. The molecule has 3 heterocycles. The topological polar surface area (TPSA) is 88.5 Å². The van der Waals surface area contributed by atoms with E-state index in [9.17, 15) is 14.0 Å². The number of ether oxygens (including phenoxy) is 1. The molecule has 0 spiro atoms. The largest absolute Gasteiger partial charge is 0.450 e. The summed E-state index contributed by atoms with van der Waals surface area (Å²) in [6.07, 6.45) is 4.40. The minimum Gasteiger partial charge on any atom is -0.450 e. The average molecular weight is 444 g/mol. The summed E-state index contributed by atoms with van der Waals surface area (Å²) in [6.45, 7) is 4.97. The molecule has 2 fully saturated rings. The molecular formula is C23H30FN5O3. The highest BCUT2D eigenvalue weighted by Crippen LogP contribution is 2.30. The van der Waals surface area contributed by atoms with Crippen LogP contribution in [0.2, 0.25) is 0 Å². The highest BCUT2D eigenvalue weighted by molar-refractivity contribution is 5.95. The van der Waals surface area contributed by atoms with Crippen molar-refractivity contribution in [1.82, 2.24) is 25.3 Å². The van der Waals surface area contributed by atoms with Gasteiger partial charge in [-0.15, -0.1) is 0 Å². The Labute approximate surface area is 187 Å². The van der Waals surface area contributed by atoms with Gasteiger partial charge in [0.1, 0.15) is 5.82 Å². The molecule has 4 rings (SSSR count). The SMILES string of the molecule is CCOC(=O)N1CCC(NC(=O)c2cnn(-c3cccc(F)c3)c2C2CCNCC2)CC1. The Morgan fingerprint density at radius 2 is 1.97 bits per heavy atom. The molecule has 32 heavy (non-hydrogen) atoms. The summed E-state index contributed by atoms with van der Waals surface area (Å²) in [7, 11) is 0. The monoisotopic (exact) mass is 443 g/mol. The maximum absolute atomic E-state index is 13.9. The molecule has 2 aliphatic rings. The third-order valence-corrected chi connectivity index (χ3v) is 6.19. The molecule has 9 heteroatoms. The van der Waals surface area contributed by atoms with Crippen molar-refractivity contribution in [3.63, 3.8) is 0 Å². The van der Waals surface area contributed by atoms with Crippen LogP contribution in [0.4, 0.5) is 9.18 Å². The fourth-order valence-electron chi connectivity index (χ4n) is 4.52. The highest BCUT2D eigenvalue weighted by Gasteiger charge is 2.30. The van der Waals surface area contributed by atoms with Crippen molar-refractivity contribution >= 4 is 12.0 Å². The molecule has 0 aliphatic carbocycles. The number of halogens is 1. The lowest BCUT2D eigenvalue weighted by Crippen LogP contribution is -2.46. The number of hydrogen-bond donors (Lipinski definition) is 2. The van der Waals surface area contributed by atoms with E-state index in [0.717, 1.165) is 31.6 Å². The first kappa shape index (κ1) is 22.3. The van der Waals surface area contributed by atoms with Crippen molar-refractivity contribution in [2.75, 3.05) is 32.8 Å². The van der Waals surface area contributed by atoms with Crippen LogP contribution in [0.25, 0.3) is 5.69 Å². The Balaban J connectivity index is 1.51. The molecule has 0 radical (unpaired) electrons. The van der Waals surface area contributed by atoms with Gasteiger partial charge in [-0.2, -0.15) is 5.10 Å². The zero-order valence-electron chi connectivity index (χ0n) is 18.3. The smallest absolute Gasteiger partial charge is 0.409 e. The van der Waals surface area contributed by atoms with E-state index in [-0.39, 0.29) is 29.8 Å². The van der Waals surface area contributed by atoms with Gasteiger partial charge >= 0.3 is 6.09 Å². The lowest BCUT2D eigenvalue weighted by Gasteiger charge is -2.31. The first-order valence-corrected chi connectivity index (χ1v) is 11.3. The van der Waals surface area contributed by atoms with Gasteiger partial charge in [0.15, 0.2) is 0 Å². The molecule has 0 saturated carbocycles. The van der Waals surface area contributed by atoms with Crippen molar-refractivity contribution < 1.29 is 18.7 Å². The zero-order chi connectivity index (χ0) is 22.5. The number of amides is 2. The zero-order valence-corrected chi connectivity index (χ0v) is 18.3. The van der Waals surface area contributed by atoms with E-state index in [0.29, 0.717) is 43.8 Å². The first-order chi connectivity index (χ1) is 15.6. The van der Waals surface area contributed by atoms with Gasteiger partial charge in [-0.25, -0.2) is 13.9 Å². The number of piperidine rings is 2. The summed E-state index contributed by atoms with van der Waals surface area (Å²) in [4.78, 5) is 26.8. The summed E-state index contributed by atoms with van der Waals surface area (Å²) in [6, 6.07) is 6.26. The highest BCUT2D eigenvalue weighted by atomic mass is 19.1. The van der Waals surface area contributed by atoms with Crippen LogP contribution in [0.1, 0.15) is 54.6 Å². The van der Waals surface area contributed by atoms with Crippen molar-refractivity contribution in [1.29, 1.82) is 0 Å². The molecule has 0 bridgehead atoms. The normalized spacial score (nSPS) is 17.9. The van der Waals surface area contributed by atoms with Crippen LogP contribution >= 0.6 is 0 Å². The van der Waals surface area contributed by atoms with Crippen LogP contribution in [-0.2, 0) is 4.74 Å². The number of aromatic nitrogens is 2. The number of hydrogen-bond acceptors (Lipinski definition) is 5. The second kappa shape index (κ2) is 10.1. The average Bonchev–Trinajstić information content (AvgIpc) is 3.26. The molecule has 172 valence electrons. The van der Waals surface area contributed by atoms with E-state index in [2.05, 4.69) is 15.7 Å². The maximum Gasteiger partial charge on any atom is 0.409 e. The Kier molecular flexibility index (Phi) is 7.04. The van der Waals surface area contributed by atoms with Crippen LogP contribution in [0.3, 0.4) is 0 Å². The third kappa shape index (κ3) is 4.93. The lowest BCUT2D eigenvalue weighted by molar-refractivity contribution is 0.0859. The summed E-state index contributed by atoms with van der Waals surface area (Å²) in [5.41, 5.74) is 1.98. The number of carbonyl (C=O) groups is 2. The molecule has 1 aromatic heterocycles. The van der Waals surface area contributed by atoms with Crippen molar-refractivity contribution in [3.05, 3.63) is 47.5 Å². The van der Waals surface area contributed by atoms with Crippen molar-refractivity contribution in [2.24, 2.45) is 0 Å². The van der Waals surface area contributed by atoms with Gasteiger partial charge in [0.2, 0.25) is 0 Å². The van der Waals surface area contributed by atoms with Crippen LogP contribution in [-0.4, -0.2) is 65.5 Å². The van der Waals surface area contributed by atoms with Gasteiger partial charge in [-0.3, -0.25) is 4.79 Å². The number of rotatable bonds is 5. The van der Waals surface area contributed by atoms with Crippen LogP contribution in [0.15, 0.2) is 30.5 Å². The number of nitrogens with one attached hydrogen (secondary N) is 2. The number of benzene rings is 1. The maximum atomic E-state index is 13.9. The Morgan fingerprint density at radius 1 is 1.22 bits per heavy atom. The van der Waals surface area contributed by atoms with Gasteiger partial charge < -0.3 is 20.3 Å². The Morgan fingerprint density at radius 3 is 2.66 bits per heavy atom. The predicted octanol–water partition coefficient (Wildman–Crippen LogP) is 2.83. The van der Waals surface area contributed by atoms with Gasteiger partial charge in [-0.1, -0.05) is 6.07 Å². The summed E-state index contributed by atoms with van der Waals surface area (Å²) >= 11 is 0. The fourth-order valence-corrected chi connectivity index (χ4v) is 4.52. The third-order valence-electron chi connectivity index (χ3n) is 6.19. The Hall–Kier alpha value is -2.94. The molecule has 0 unspecified atom stereocenters. The molecule has 2 amide bonds. The molecule has 2 aliphatic heterocycles. The number of carbonyl (C=O) groups excluding carboxylic acids is 2. The van der Waals surface area contributed by atoms with Gasteiger partial charge in [-0.05, 0) is 63.9 Å². The first-order valence-electron chi connectivity index (χ1n) is 11.3. The molecule has 1 aromatic carbocycles. The molecule has 8 nitrogen and oxygen atoms in total. The van der Waals surface area contributed by atoms with E-state index in [1.807, 2.05) is 0 Å². The van der Waals surface area contributed by atoms with E-state index in [1.54, 1.807) is 34.8 Å². The second-order valence-electron chi connectivity index (χ2n) is 8.29. The predicted molar refractivity (Wildman–Crippen MR) is 117 cm³/mol. The van der Waals surface area contributed by atoms with Crippen LogP contribution in [0, 0.1) is 5.82 Å². The molecule has 2 saturated heterocycles. The van der Waals surface area contributed by atoms with Crippen LogP contribution < -0.4 is 10.6 Å². The lowest BCUT2D eigenvalue weighted by atomic mass is 9.91. The molecular weight excluding hydrogens is 413 g/mol. The molecule has 2 N–H and O–H groups in total. The number of nitrogens with zero attached hydrogens (tertiary/aromatic N) is 3. The van der Waals surface area contributed by atoms with E-state index < -0.39 is 0 Å². The summed E-state index contributed by atoms with van der Waals surface area (Å²) in [5.74, 6) is -0.349. The van der Waals surface area contributed by atoms with E-state index in [1.165, 1.54) is 12.1 Å². The van der Waals surface area contributed by atoms with E-state index in [4.69, 9.17) is 4.74 Å². The van der Waals surface area contributed by atoms with Gasteiger partial charge in [0.25, 0.3) is 5.91 Å². The van der Waals surface area contributed by atoms with Gasteiger partial charge in [0, 0.05) is 25.0 Å². The minimum atomic E-state index is -0.339.